The molecule has 0 radical (unpaired) electrons. The molecule has 4 rings (SSSR count). The molecular formula is C25H30FN3O3. The Morgan fingerprint density at radius 2 is 1.75 bits per heavy atom. The Labute approximate surface area is 187 Å². The minimum absolute atomic E-state index is 0.0106. The quantitative estimate of drug-likeness (QED) is 0.736. The van der Waals surface area contributed by atoms with E-state index in [4.69, 9.17) is 0 Å². The Kier molecular flexibility index (Phi) is 6.72. The third kappa shape index (κ3) is 4.76. The lowest BCUT2D eigenvalue weighted by Crippen LogP contribution is -2.51. The van der Waals surface area contributed by atoms with E-state index in [1.807, 2.05) is 9.80 Å². The van der Waals surface area contributed by atoms with E-state index < -0.39 is 0 Å². The number of nitrogens with zero attached hydrogens (tertiary/aromatic N) is 3. The van der Waals surface area contributed by atoms with Crippen LogP contribution in [-0.2, 0) is 18.3 Å². The molecule has 0 N–H and O–H groups in total. The molecule has 0 spiro atoms. The molecule has 2 saturated heterocycles. The Morgan fingerprint density at radius 1 is 1.00 bits per heavy atom. The molecule has 2 aliphatic rings. The van der Waals surface area contributed by atoms with E-state index in [0.717, 1.165) is 38.6 Å². The van der Waals surface area contributed by atoms with Crippen molar-refractivity contribution in [3.8, 4) is 0 Å². The summed E-state index contributed by atoms with van der Waals surface area (Å²) in [5.41, 5.74) is 0.821. The van der Waals surface area contributed by atoms with Crippen LogP contribution >= 0.6 is 0 Å². The number of amides is 2. The second-order valence-electron chi connectivity index (χ2n) is 8.91. The lowest BCUT2D eigenvalue weighted by Gasteiger charge is -2.44. The number of carbonyl (C=O) groups is 2. The molecule has 2 aliphatic heterocycles. The summed E-state index contributed by atoms with van der Waals surface area (Å²) in [7, 11) is 1.64. The predicted octanol–water partition coefficient (Wildman–Crippen LogP) is 3.00. The number of carbonyl (C=O) groups excluding carboxylic acids is 2. The van der Waals surface area contributed by atoms with Crippen LogP contribution in [-0.4, -0.2) is 51.9 Å². The van der Waals surface area contributed by atoms with E-state index in [-0.39, 0.29) is 35.7 Å². The van der Waals surface area contributed by atoms with E-state index in [0.29, 0.717) is 30.1 Å². The molecule has 1 aromatic carbocycles. The third-order valence-electron chi connectivity index (χ3n) is 6.87. The number of aromatic nitrogens is 1. The van der Waals surface area contributed by atoms with Crippen LogP contribution in [0.5, 0.6) is 0 Å². The molecule has 170 valence electrons. The molecule has 2 aromatic rings. The zero-order chi connectivity index (χ0) is 22.7. The number of benzene rings is 1. The standard InChI is InChI=1S/C25H30FN3O3/c1-27-17-20(9-10-23(27)30)25(32)28-14-11-18(12-15-28)22-8-4-5-13-29(22)24(31)16-19-6-2-3-7-21(19)26/h2-3,6-7,9-10,17-18,22H,4-5,8,11-16H2,1H3/t22-/m1/s1. The Balaban J connectivity index is 1.39. The zero-order valence-corrected chi connectivity index (χ0v) is 18.5. The highest BCUT2D eigenvalue weighted by Gasteiger charge is 2.35. The molecule has 6 nitrogen and oxygen atoms in total. The molecule has 32 heavy (non-hydrogen) atoms. The summed E-state index contributed by atoms with van der Waals surface area (Å²) in [4.78, 5) is 41.3. The van der Waals surface area contributed by atoms with Crippen LogP contribution in [0.3, 0.4) is 0 Å². The fraction of sp³-hybridized carbons (Fsp3) is 0.480. The molecule has 0 unspecified atom stereocenters. The molecule has 0 aliphatic carbocycles. The van der Waals surface area contributed by atoms with Gasteiger partial charge in [0.2, 0.25) is 11.5 Å². The lowest BCUT2D eigenvalue weighted by atomic mass is 9.83. The third-order valence-corrected chi connectivity index (χ3v) is 6.87. The minimum Gasteiger partial charge on any atom is -0.339 e. The summed E-state index contributed by atoms with van der Waals surface area (Å²) >= 11 is 0. The highest BCUT2D eigenvalue weighted by Crippen LogP contribution is 2.31. The molecule has 2 fully saturated rings. The van der Waals surface area contributed by atoms with Gasteiger partial charge in [-0.2, -0.15) is 0 Å². The van der Waals surface area contributed by atoms with Gasteiger partial charge in [-0.05, 0) is 55.7 Å². The van der Waals surface area contributed by atoms with Crippen LogP contribution in [0.25, 0.3) is 0 Å². The van der Waals surface area contributed by atoms with Gasteiger partial charge in [0.15, 0.2) is 0 Å². The fourth-order valence-electron chi connectivity index (χ4n) is 5.05. The van der Waals surface area contributed by atoms with Crippen molar-refractivity contribution in [1.82, 2.24) is 14.4 Å². The van der Waals surface area contributed by atoms with Gasteiger partial charge in [-0.1, -0.05) is 18.2 Å². The van der Waals surface area contributed by atoms with Crippen molar-refractivity contribution in [3.05, 3.63) is 69.9 Å². The number of halogens is 1. The highest BCUT2D eigenvalue weighted by atomic mass is 19.1. The predicted molar refractivity (Wildman–Crippen MR) is 120 cm³/mol. The number of piperidine rings is 2. The SMILES string of the molecule is Cn1cc(C(=O)N2CCC([C@H]3CCCCN3C(=O)Cc3ccccc3F)CC2)ccc1=O. The summed E-state index contributed by atoms with van der Waals surface area (Å²) in [6.07, 6.45) is 6.38. The van der Waals surface area contributed by atoms with E-state index in [1.165, 1.54) is 16.7 Å². The van der Waals surface area contributed by atoms with Gasteiger partial charge in [0.05, 0.1) is 12.0 Å². The van der Waals surface area contributed by atoms with Crippen molar-refractivity contribution in [2.45, 2.75) is 44.6 Å². The molecular weight excluding hydrogens is 409 g/mol. The van der Waals surface area contributed by atoms with Gasteiger partial charge in [0, 0.05) is 45.0 Å². The monoisotopic (exact) mass is 439 g/mol. The van der Waals surface area contributed by atoms with Crippen LogP contribution in [0.2, 0.25) is 0 Å². The van der Waals surface area contributed by atoms with Crippen molar-refractivity contribution in [3.63, 3.8) is 0 Å². The van der Waals surface area contributed by atoms with Crippen LogP contribution in [0.1, 0.15) is 48.0 Å². The van der Waals surface area contributed by atoms with E-state index >= 15 is 0 Å². The Bertz CT molecular complexity index is 1040. The first-order chi connectivity index (χ1) is 15.4. The summed E-state index contributed by atoms with van der Waals surface area (Å²) in [6, 6.07) is 9.62. The van der Waals surface area contributed by atoms with Gasteiger partial charge in [-0.3, -0.25) is 14.4 Å². The van der Waals surface area contributed by atoms with Crippen LogP contribution in [0.4, 0.5) is 4.39 Å². The first kappa shape index (κ1) is 22.2. The first-order valence-corrected chi connectivity index (χ1v) is 11.4. The van der Waals surface area contributed by atoms with Gasteiger partial charge < -0.3 is 14.4 Å². The normalized spacial score (nSPS) is 19.8. The van der Waals surface area contributed by atoms with Gasteiger partial charge in [0.1, 0.15) is 5.82 Å². The average Bonchev–Trinajstić information content (AvgIpc) is 2.82. The van der Waals surface area contributed by atoms with Crippen molar-refractivity contribution in [2.24, 2.45) is 13.0 Å². The van der Waals surface area contributed by atoms with Crippen molar-refractivity contribution >= 4 is 11.8 Å². The topological polar surface area (TPSA) is 62.6 Å². The van der Waals surface area contributed by atoms with Crippen molar-refractivity contribution in [1.29, 1.82) is 0 Å². The van der Waals surface area contributed by atoms with Gasteiger partial charge >= 0.3 is 0 Å². The van der Waals surface area contributed by atoms with Crippen LogP contribution in [0, 0.1) is 11.7 Å². The maximum absolute atomic E-state index is 14.0. The molecule has 0 bridgehead atoms. The van der Waals surface area contributed by atoms with Gasteiger partial charge in [-0.25, -0.2) is 4.39 Å². The highest BCUT2D eigenvalue weighted by molar-refractivity contribution is 5.94. The van der Waals surface area contributed by atoms with E-state index in [9.17, 15) is 18.8 Å². The summed E-state index contributed by atoms with van der Waals surface area (Å²) < 4.78 is 15.5. The van der Waals surface area contributed by atoms with Gasteiger partial charge in [0.25, 0.3) is 5.91 Å². The van der Waals surface area contributed by atoms with Crippen LogP contribution < -0.4 is 5.56 Å². The molecule has 0 saturated carbocycles. The average molecular weight is 440 g/mol. The molecule has 3 heterocycles. The number of hydrogen-bond donors (Lipinski definition) is 0. The minimum atomic E-state index is -0.334. The Morgan fingerprint density at radius 3 is 2.47 bits per heavy atom. The number of aryl methyl sites for hydroxylation is 1. The smallest absolute Gasteiger partial charge is 0.255 e. The number of likely N-dealkylation sites (tertiary alicyclic amines) is 2. The van der Waals surface area contributed by atoms with E-state index in [1.54, 1.807) is 37.5 Å². The number of pyridine rings is 1. The largest absolute Gasteiger partial charge is 0.339 e. The second kappa shape index (κ2) is 9.67. The molecule has 1 atom stereocenters. The second-order valence-corrected chi connectivity index (χ2v) is 8.91. The van der Waals surface area contributed by atoms with Gasteiger partial charge in [-0.15, -0.1) is 0 Å². The molecule has 1 aromatic heterocycles. The molecule has 2 amide bonds. The van der Waals surface area contributed by atoms with Crippen molar-refractivity contribution < 1.29 is 14.0 Å². The van der Waals surface area contributed by atoms with Crippen LogP contribution in [0.15, 0.2) is 47.4 Å². The maximum Gasteiger partial charge on any atom is 0.255 e. The molecule has 7 heteroatoms. The van der Waals surface area contributed by atoms with E-state index in [2.05, 4.69) is 0 Å². The number of hydrogen-bond acceptors (Lipinski definition) is 3. The lowest BCUT2D eigenvalue weighted by molar-refractivity contribution is -0.136. The Hall–Kier alpha value is -2.96. The summed E-state index contributed by atoms with van der Waals surface area (Å²) in [6.45, 7) is 1.99. The summed E-state index contributed by atoms with van der Waals surface area (Å²) in [5, 5.41) is 0. The first-order valence-electron chi connectivity index (χ1n) is 11.4. The number of rotatable bonds is 4. The fourth-order valence-corrected chi connectivity index (χ4v) is 5.05. The summed E-state index contributed by atoms with van der Waals surface area (Å²) in [5.74, 6) is -0.0672. The van der Waals surface area contributed by atoms with Crippen molar-refractivity contribution in [2.75, 3.05) is 19.6 Å². The zero-order valence-electron chi connectivity index (χ0n) is 18.5. The maximum atomic E-state index is 14.0.